The van der Waals surface area contributed by atoms with Crippen molar-refractivity contribution in [3.63, 3.8) is 0 Å². The van der Waals surface area contributed by atoms with E-state index in [1.807, 2.05) is 0 Å². The molecule has 148 valence electrons. The number of esters is 2. The number of carbonyl (C=O) groups excluding carboxylic acids is 2. The highest BCUT2D eigenvalue weighted by molar-refractivity contribution is 5.75. The summed E-state index contributed by atoms with van der Waals surface area (Å²) in [6.07, 6.45) is -2.14. The van der Waals surface area contributed by atoms with Gasteiger partial charge in [0.05, 0.1) is 13.2 Å². The van der Waals surface area contributed by atoms with E-state index in [0.717, 1.165) is 0 Å². The summed E-state index contributed by atoms with van der Waals surface area (Å²) in [6.45, 7) is 7.42. The second kappa shape index (κ2) is 18.1. The van der Waals surface area contributed by atoms with Crippen molar-refractivity contribution in [3.05, 3.63) is 0 Å². The fourth-order valence-corrected chi connectivity index (χ4v) is 1.18. The lowest BCUT2D eigenvalue weighted by Crippen LogP contribution is -2.41. The van der Waals surface area contributed by atoms with E-state index in [4.69, 9.17) is 0 Å². The molecule has 8 heteroatoms. The van der Waals surface area contributed by atoms with Crippen LogP contribution in [0, 0.1) is 0 Å². The molecule has 0 heterocycles. The van der Waals surface area contributed by atoms with Crippen LogP contribution in [0.4, 0.5) is 0 Å². The van der Waals surface area contributed by atoms with Crippen molar-refractivity contribution in [1.82, 2.24) is 10.6 Å². The van der Waals surface area contributed by atoms with E-state index in [2.05, 4.69) is 20.1 Å². The second-order valence-corrected chi connectivity index (χ2v) is 4.55. The Morgan fingerprint density at radius 1 is 0.833 bits per heavy atom. The predicted octanol–water partition coefficient (Wildman–Crippen LogP) is 0.309. The van der Waals surface area contributed by atoms with Gasteiger partial charge in [0.1, 0.15) is 0 Å². The standard InChI is InChI=1S/2C7H15NO3.2CH4/c2*1-4-11-7(10)6(9)5(2)8-3;;/h2*5-6,8-9H,4H2,1-3H3;2*1H4/t2*5-,6+;;/m00../s1. The van der Waals surface area contributed by atoms with E-state index in [1.165, 1.54) is 0 Å². The first-order valence-electron chi connectivity index (χ1n) is 7.30. The Kier molecular flexibility index (Phi) is 23.1. The predicted molar refractivity (Wildman–Crippen MR) is 95.8 cm³/mol. The Bertz CT molecular complexity index is 285. The van der Waals surface area contributed by atoms with Crippen molar-refractivity contribution in [2.45, 2.75) is 66.8 Å². The van der Waals surface area contributed by atoms with Crippen LogP contribution in [0.2, 0.25) is 0 Å². The highest BCUT2D eigenvalue weighted by atomic mass is 16.5. The molecule has 4 N–H and O–H groups in total. The average molecular weight is 354 g/mol. The number of aliphatic hydroxyl groups is 2. The number of rotatable bonds is 8. The van der Waals surface area contributed by atoms with Gasteiger partial charge < -0.3 is 30.3 Å². The lowest BCUT2D eigenvalue weighted by Gasteiger charge is -2.15. The molecule has 24 heavy (non-hydrogen) atoms. The van der Waals surface area contributed by atoms with Gasteiger partial charge in [-0.25, -0.2) is 9.59 Å². The van der Waals surface area contributed by atoms with Crippen molar-refractivity contribution < 1.29 is 29.3 Å². The number of nitrogens with one attached hydrogen (secondary N) is 2. The molecule has 0 saturated heterocycles. The van der Waals surface area contributed by atoms with Crippen molar-refractivity contribution in [1.29, 1.82) is 0 Å². The first-order chi connectivity index (χ1) is 10.3. The molecular formula is C16H38N2O6. The third-order valence-corrected chi connectivity index (χ3v) is 2.91. The number of hydrogen-bond donors (Lipinski definition) is 4. The minimum Gasteiger partial charge on any atom is -0.464 e. The Labute approximate surface area is 146 Å². The molecule has 0 unspecified atom stereocenters. The van der Waals surface area contributed by atoms with Gasteiger partial charge in [-0.15, -0.1) is 0 Å². The van der Waals surface area contributed by atoms with Crippen molar-refractivity contribution in [2.75, 3.05) is 27.3 Å². The molecule has 0 aliphatic heterocycles. The molecule has 0 bridgehead atoms. The van der Waals surface area contributed by atoms with Crippen LogP contribution in [-0.2, 0) is 19.1 Å². The summed E-state index contributed by atoms with van der Waals surface area (Å²) in [4.78, 5) is 21.7. The summed E-state index contributed by atoms with van der Waals surface area (Å²) in [5.74, 6) is -1.15. The first kappa shape index (κ1) is 30.6. The van der Waals surface area contributed by atoms with E-state index in [0.29, 0.717) is 13.2 Å². The van der Waals surface area contributed by atoms with Crippen LogP contribution in [0.3, 0.4) is 0 Å². The normalized spacial score (nSPS) is 14.3. The molecule has 4 atom stereocenters. The summed E-state index contributed by atoms with van der Waals surface area (Å²) < 4.78 is 9.20. The summed E-state index contributed by atoms with van der Waals surface area (Å²) in [7, 11) is 3.35. The highest BCUT2D eigenvalue weighted by Crippen LogP contribution is 1.95. The summed E-state index contributed by atoms with van der Waals surface area (Å²) in [6, 6.07) is -0.539. The van der Waals surface area contributed by atoms with Gasteiger partial charge in [-0.1, -0.05) is 14.9 Å². The first-order valence-corrected chi connectivity index (χ1v) is 7.30. The molecule has 0 aromatic carbocycles. The van der Waals surface area contributed by atoms with E-state index in [1.54, 1.807) is 41.8 Å². The van der Waals surface area contributed by atoms with Crippen LogP contribution >= 0.6 is 0 Å². The number of carbonyl (C=O) groups is 2. The van der Waals surface area contributed by atoms with Gasteiger partial charge in [-0.3, -0.25) is 0 Å². The van der Waals surface area contributed by atoms with E-state index < -0.39 is 24.1 Å². The maximum Gasteiger partial charge on any atom is 0.336 e. The molecule has 0 aromatic rings. The minimum atomic E-state index is -1.07. The van der Waals surface area contributed by atoms with Gasteiger partial charge >= 0.3 is 11.9 Å². The summed E-state index contributed by atoms with van der Waals surface area (Å²) in [5, 5.41) is 23.9. The van der Waals surface area contributed by atoms with Crippen LogP contribution in [-0.4, -0.2) is 73.8 Å². The van der Waals surface area contributed by atoms with Gasteiger partial charge in [0, 0.05) is 12.1 Å². The summed E-state index contributed by atoms with van der Waals surface area (Å²) >= 11 is 0. The van der Waals surface area contributed by atoms with Crippen molar-refractivity contribution >= 4 is 11.9 Å². The Morgan fingerprint density at radius 2 is 1.08 bits per heavy atom. The molecule has 0 radical (unpaired) electrons. The third-order valence-electron chi connectivity index (χ3n) is 2.91. The number of ether oxygens (including phenoxy) is 2. The van der Waals surface area contributed by atoms with Crippen LogP contribution < -0.4 is 10.6 Å². The molecule has 0 rings (SSSR count). The quantitative estimate of drug-likeness (QED) is 0.460. The van der Waals surface area contributed by atoms with Crippen LogP contribution in [0.1, 0.15) is 42.5 Å². The van der Waals surface area contributed by atoms with Crippen molar-refractivity contribution in [3.8, 4) is 0 Å². The molecule has 8 nitrogen and oxygen atoms in total. The maximum absolute atomic E-state index is 10.8. The molecule has 0 amide bonds. The largest absolute Gasteiger partial charge is 0.464 e. The van der Waals surface area contributed by atoms with E-state index in [-0.39, 0.29) is 26.9 Å². The molecule has 0 fully saturated rings. The second-order valence-electron chi connectivity index (χ2n) is 4.55. The van der Waals surface area contributed by atoms with Crippen molar-refractivity contribution in [2.24, 2.45) is 0 Å². The van der Waals surface area contributed by atoms with E-state index >= 15 is 0 Å². The lowest BCUT2D eigenvalue weighted by atomic mass is 10.2. The minimum absolute atomic E-state index is 0. The molecule has 0 spiro atoms. The molecule has 0 aliphatic carbocycles. The Morgan fingerprint density at radius 3 is 1.25 bits per heavy atom. The van der Waals surface area contributed by atoms with Crippen LogP contribution in [0.5, 0.6) is 0 Å². The zero-order chi connectivity index (χ0) is 17.7. The van der Waals surface area contributed by atoms with Crippen LogP contribution in [0.25, 0.3) is 0 Å². The third kappa shape index (κ3) is 13.2. The van der Waals surface area contributed by atoms with Gasteiger partial charge in [-0.2, -0.15) is 0 Å². The fraction of sp³-hybridized carbons (Fsp3) is 0.875. The van der Waals surface area contributed by atoms with Crippen LogP contribution in [0.15, 0.2) is 0 Å². The molecule has 0 aliphatic rings. The zero-order valence-corrected chi connectivity index (χ0v) is 14.3. The number of hydrogen-bond acceptors (Lipinski definition) is 8. The SMILES string of the molecule is C.C.CCOC(=O)[C@H](O)[C@H](C)NC.CCOC(=O)[C@H](O)[C@H](C)NC. The van der Waals surface area contributed by atoms with Gasteiger partial charge in [0.2, 0.25) is 0 Å². The summed E-state index contributed by atoms with van der Waals surface area (Å²) in [5.41, 5.74) is 0. The molecule has 0 aromatic heterocycles. The number of likely N-dealkylation sites (N-methyl/N-ethyl adjacent to an activating group) is 2. The topological polar surface area (TPSA) is 117 Å². The zero-order valence-electron chi connectivity index (χ0n) is 14.3. The average Bonchev–Trinajstić information content (AvgIpc) is 2.52. The smallest absolute Gasteiger partial charge is 0.336 e. The Hall–Kier alpha value is -1.22. The van der Waals surface area contributed by atoms with Gasteiger partial charge in [0.15, 0.2) is 12.2 Å². The van der Waals surface area contributed by atoms with E-state index in [9.17, 15) is 19.8 Å². The monoisotopic (exact) mass is 354 g/mol. The number of aliphatic hydroxyl groups excluding tert-OH is 2. The van der Waals surface area contributed by atoms with Gasteiger partial charge in [-0.05, 0) is 41.8 Å². The van der Waals surface area contributed by atoms with Gasteiger partial charge in [0.25, 0.3) is 0 Å². The maximum atomic E-state index is 10.8. The molecule has 0 saturated carbocycles. The lowest BCUT2D eigenvalue weighted by molar-refractivity contribution is -0.155. The highest BCUT2D eigenvalue weighted by Gasteiger charge is 2.22. The fourth-order valence-electron chi connectivity index (χ4n) is 1.18. The Balaban J connectivity index is -0.000000154. The molecular weight excluding hydrogens is 316 g/mol.